The van der Waals surface area contributed by atoms with Crippen LogP contribution in [0.3, 0.4) is 0 Å². The first-order valence-corrected chi connectivity index (χ1v) is 5.72. The second kappa shape index (κ2) is 4.19. The highest BCUT2D eigenvalue weighted by molar-refractivity contribution is 9.10. The van der Waals surface area contributed by atoms with Gasteiger partial charge in [-0.05, 0) is 46.5 Å². The van der Waals surface area contributed by atoms with Gasteiger partial charge in [0.15, 0.2) is 0 Å². The van der Waals surface area contributed by atoms with Crippen LogP contribution in [0.4, 0.5) is 0 Å². The first-order chi connectivity index (χ1) is 7.20. The molecule has 0 aliphatic heterocycles. The maximum atomic E-state index is 11.7. The lowest BCUT2D eigenvalue weighted by Crippen LogP contribution is -2.20. The molecule has 1 aliphatic carbocycles. The van der Waals surface area contributed by atoms with Gasteiger partial charge in [-0.3, -0.25) is 4.79 Å². The van der Waals surface area contributed by atoms with E-state index in [1.807, 2.05) is 6.07 Å². The summed E-state index contributed by atoms with van der Waals surface area (Å²) in [5.41, 5.74) is 2.11. The summed E-state index contributed by atoms with van der Waals surface area (Å²) in [5, 5.41) is 0. The molecule has 0 radical (unpaired) electrons. The summed E-state index contributed by atoms with van der Waals surface area (Å²) < 4.78 is 2.28. The third-order valence-corrected chi connectivity index (χ3v) is 3.15. The second-order valence-electron chi connectivity index (χ2n) is 3.57. The van der Waals surface area contributed by atoms with Gasteiger partial charge < -0.3 is 4.57 Å². The fourth-order valence-electron chi connectivity index (χ4n) is 1.70. The van der Waals surface area contributed by atoms with E-state index in [4.69, 9.17) is 0 Å². The smallest absolute Gasteiger partial charge is 0.265 e. The van der Waals surface area contributed by atoms with Crippen molar-refractivity contribution >= 4 is 21.5 Å². The van der Waals surface area contributed by atoms with Crippen molar-refractivity contribution in [3.05, 3.63) is 50.9 Å². The number of pyridine rings is 1. The zero-order valence-corrected chi connectivity index (χ0v) is 10.1. The largest absolute Gasteiger partial charge is 0.310 e. The number of halogens is 1. The second-order valence-corrected chi connectivity index (χ2v) is 4.42. The van der Waals surface area contributed by atoms with Crippen LogP contribution in [0.25, 0.3) is 5.57 Å². The molecule has 2 rings (SSSR count). The third kappa shape index (κ3) is 1.97. The molecule has 0 bridgehead atoms. The minimum absolute atomic E-state index is 0.00683. The van der Waals surface area contributed by atoms with Crippen molar-refractivity contribution in [1.82, 2.24) is 4.57 Å². The molecular formula is C12H12BrNO. The maximum Gasteiger partial charge on any atom is 0.265 e. The predicted octanol–water partition coefficient (Wildman–Crippen LogP) is 2.88. The normalized spacial score (nSPS) is 15.2. The number of allylic oxidation sites excluding steroid dienone is 4. The Hall–Kier alpha value is -1.09. The number of rotatable bonds is 1. The predicted molar refractivity (Wildman–Crippen MR) is 65.7 cm³/mol. The van der Waals surface area contributed by atoms with Crippen molar-refractivity contribution in [2.24, 2.45) is 7.05 Å². The summed E-state index contributed by atoms with van der Waals surface area (Å²) in [7, 11) is 1.80. The average Bonchev–Trinajstić information content (AvgIpc) is 2.27. The standard InChI is InChI=1S/C12H12BrNO/c1-14-11(8-7-10(13)12(14)15)9-5-3-2-4-6-9/h3,5-8H,2,4H2,1H3. The monoisotopic (exact) mass is 265 g/mol. The Morgan fingerprint density at radius 1 is 1.33 bits per heavy atom. The zero-order valence-electron chi connectivity index (χ0n) is 8.53. The van der Waals surface area contributed by atoms with E-state index < -0.39 is 0 Å². The first kappa shape index (κ1) is 10.4. The van der Waals surface area contributed by atoms with Gasteiger partial charge in [0, 0.05) is 7.05 Å². The number of hydrogen-bond donors (Lipinski definition) is 0. The molecule has 1 aromatic rings. The molecule has 0 aromatic carbocycles. The van der Waals surface area contributed by atoms with E-state index in [1.54, 1.807) is 17.7 Å². The number of nitrogens with zero attached hydrogens (tertiary/aromatic N) is 1. The highest BCUT2D eigenvalue weighted by Gasteiger charge is 2.07. The van der Waals surface area contributed by atoms with Crippen molar-refractivity contribution in [2.75, 3.05) is 0 Å². The molecule has 0 unspecified atom stereocenters. The fourth-order valence-corrected chi connectivity index (χ4v) is 2.10. The van der Waals surface area contributed by atoms with Crippen molar-refractivity contribution in [3.8, 4) is 0 Å². The molecule has 1 aromatic heterocycles. The van der Waals surface area contributed by atoms with Crippen LogP contribution in [0.1, 0.15) is 18.5 Å². The third-order valence-electron chi connectivity index (χ3n) is 2.55. The summed E-state index contributed by atoms with van der Waals surface area (Å²) in [6, 6.07) is 3.77. The van der Waals surface area contributed by atoms with E-state index in [2.05, 4.69) is 34.2 Å². The van der Waals surface area contributed by atoms with Crippen molar-refractivity contribution < 1.29 is 0 Å². The van der Waals surface area contributed by atoms with E-state index in [-0.39, 0.29) is 5.56 Å². The molecule has 0 spiro atoms. The van der Waals surface area contributed by atoms with Gasteiger partial charge in [0.05, 0.1) is 10.2 Å². The average molecular weight is 266 g/mol. The molecule has 0 N–H and O–H groups in total. The molecule has 3 heteroatoms. The number of hydrogen-bond acceptors (Lipinski definition) is 1. The summed E-state index contributed by atoms with van der Waals surface area (Å²) in [4.78, 5) is 11.7. The Bertz CT molecular complexity index is 497. The minimum atomic E-state index is 0.00683. The molecule has 0 saturated heterocycles. The maximum absolute atomic E-state index is 11.7. The van der Waals surface area contributed by atoms with Gasteiger partial charge in [-0.25, -0.2) is 0 Å². The van der Waals surface area contributed by atoms with E-state index in [0.29, 0.717) is 4.47 Å². The molecule has 0 amide bonds. The number of aromatic nitrogens is 1. The molecule has 0 saturated carbocycles. The quantitative estimate of drug-likeness (QED) is 0.766. The lowest BCUT2D eigenvalue weighted by molar-refractivity contribution is 0.835. The fraction of sp³-hybridized carbons (Fsp3) is 0.250. The van der Waals surface area contributed by atoms with Crippen LogP contribution in [-0.2, 0) is 7.05 Å². The molecule has 2 nitrogen and oxygen atoms in total. The van der Waals surface area contributed by atoms with Crippen LogP contribution in [0.2, 0.25) is 0 Å². The summed E-state index contributed by atoms with van der Waals surface area (Å²) in [6.07, 6.45) is 8.53. The molecular weight excluding hydrogens is 254 g/mol. The SMILES string of the molecule is Cn1c(C2=CCCC=C2)ccc(Br)c1=O. The lowest BCUT2D eigenvalue weighted by Gasteiger charge is -2.11. The molecule has 1 aliphatic rings. The van der Waals surface area contributed by atoms with Crippen LogP contribution >= 0.6 is 15.9 Å². The zero-order chi connectivity index (χ0) is 10.8. The Labute approximate surface area is 97.1 Å². The first-order valence-electron chi connectivity index (χ1n) is 4.93. The minimum Gasteiger partial charge on any atom is -0.310 e. The lowest BCUT2D eigenvalue weighted by atomic mass is 10.0. The van der Waals surface area contributed by atoms with Crippen LogP contribution in [-0.4, -0.2) is 4.57 Å². The van der Waals surface area contributed by atoms with Crippen molar-refractivity contribution in [3.63, 3.8) is 0 Å². The molecule has 0 fully saturated rings. The van der Waals surface area contributed by atoms with Gasteiger partial charge in [-0.1, -0.05) is 18.2 Å². The summed E-state index contributed by atoms with van der Waals surface area (Å²) in [5.74, 6) is 0. The Morgan fingerprint density at radius 3 is 2.80 bits per heavy atom. The Balaban J connectivity index is 2.54. The van der Waals surface area contributed by atoms with E-state index in [0.717, 1.165) is 24.1 Å². The topological polar surface area (TPSA) is 22.0 Å². The van der Waals surface area contributed by atoms with Crippen LogP contribution in [0.5, 0.6) is 0 Å². The highest BCUT2D eigenvalue weighted by atomic mass is 79.9. The van der Waals surface area contributed by atoms with E-state index in [9.17, 15) is 4.79 Å². The molecule has 0 atom stereocenters. The van der Waals surface area contributed by atoms with Gasteiger partial charge >= 0.3 is 0 Å². The Kier molecular flexibility index (Phi) is 2.91. The molecule has 78 valence electrons. The van der Waals surface area contributed by atoms with Crippen molar-refractivity contribution in [2.45, 2.75) is 12.8 Å². The highest BCUT2D eigenvalue weighted by Crippen LogP contribution is 2.20. The molecule has 1 heterocycles. The van der Waals surface area contributed by atoms with Gasteiger partial charge in [-0.2, -0.15) is 0 Å². The molecule has 15 heavy (non-hydrogen) atoms. The Morgan fingerprint density at radius 2 is 2.13 bits per heavy atom. The van der Waals surface area contributed by atoms with E-state index in [1.165, 1.54) is 0 Å². The van der Waals surface area contributed by atoms with Crippen LogP contribution < -0.4 is 5.56 Å². The van der Waals surface area contributed by atoms with Gasteiger partial charge in [0.2, 0.25) is 0 Å². The van der Waals surface area contributed by atoms with Crippen LogP contribution in [0, 0.1) is 0 Å². The van der Waals surface area contributed by atoms with Gasteiger partial charge in [0.1, 0.15) is 0 Å². The van der Waals surface area contributed by atoms with Crippen LogP contribution in [0.15, 0.2) is 39.6 Å². The van der Waals surface area contributed by atoms with Gasteiger partial charge in [0.25, 0.3) is 5.56 Å². The summed E-state index contributed by atoms with van der Waals surface area (Å²) in [6.45, 7) is 0. The van der Waals surface area contributed by atoms with Gasteiger partial charge in [-0.15, -0.1) is 0 Å². The summed E-state index contributed by atoms with van der Waals surface area (Å²) >= 11 is 3.23. The van der Waals surface area contributed by atoms with Crippen molar-refractivity contribution in [1.29, 1.82) is 0 Å². The van der Waals surface area contributed by atoms with E-state index >= 15 is 0 Å².